The van der Waals surface area contributed by atoms with Crippen molar-refractivity contribution in [2.75, 3.05) is 6.61 Å². The molecule has 2 fully saturated rings. The summed E-state index contributed by atoms with van der Waals surface area (Å²) < 4.78 is 36.0. The van der Waals surface area contributed by atoms with Gasteiger partial charge in [0.05, 0.1) is 29.3 Å². The number of rotatable bonds is 7. The Morgan fingerprint density at radius 1 is 1.14 bits per heavy atom. The van der Waals surface area contributed by atoms with Crippen LogP contribution < -0.4 is 15.4 Å². The number of aryl methyl sites for hydroxylation is 2. The van der Waals surface area contributed by atoms with Gasteiger partial charge < -0.3 is 20.4 Å². The fourth-order valence-corrected chi connectivity index (χ4v) is 5.01. The lowest BCUT2D eigenvalue weighted by molar-refractivity contribution is -0.120. The van der Waals surface area contributed by atoms with Crippen LogP contribution in [0.5, 0.6) is 5.75 Å². The molecule has 2 heterocycles. The number of benzene rings is 1. The zero-order valence-corrected chi connectivity index (χ0v) is 21.2. The zero-order chi connectivity index (χ0) is 26.3. The van der Waals surface area contributed by atoms with Crippen LogP contribution in [0.15, 0.2) is 18.5 Å². The molecule has 37 heavy (non-hydrogen) atoms. The molecular formula is C27H31F2N5O3. The van der Waals surface area contributed by atoms with Gasteiger partial charge in [0, 0.05) is 25.1 Å². The van der Waals surface area contributed by atoms with E-state index in [-0.39, 0.29) is 23.9 Å². The molecule has 0 radical (unpaired) electrons. The summed E-state index contributed by atoms with van der Waals surface area (Å²) in [4.78, 5) is 36.5. The molecule has 0 spiro atoms. The SMILES string of the molecule is CC(=O)N[C@H]1CC[C@@H](NC(=O)c2c(C)[nH]c3c(-c4c(OCC5CC5)ccc(C)c4F)ncnc23)C[C@H]1F. The number of nitrogens with zero attached hydrogens (tertiary/aromatic N) is 2. The molecule has 3 N–H and O–H groups in total. The third-order valence-corrected chi connectivity index (χ3v) is 7.20. The lowest BCUT2D eigenvalue weighted by Gasteiger charge is -2.32. The van der Waals surface area contributed by atoms with E-state index in [2.05, 4.69) is 25.6 Å². The quantitative estimate of drug-likeness (QED) is 0.438. The fourth-order valence-electron chi connectivity index (χ4n) is 5.01. The summed E-state index contributed by atoms with van der Waals surface area (Å²) in [7, 11) is 0. The molecule has 3 atom stereocenters. The van der Waals surface area contributed by atoms with Gasteiger partial charge in [-0.2, -0.15) is 0 Å². The highest BCUT2D eigenvalue weighted by Crippen LogP contribution is 2.39. The highest BCUT2D eigenvalue weighted by molar-refractivity contribution is 6.09. The molecule has 1 aromatic carbocycles. The highest BCUT2D eigenvalue weighted by Gasteiger charge is 2.33. The molecule has 3 aromatic rings. The lowest BCUT2D eigenvalue weighted by atomic mass is 9.89. The van der Waals surface area contributed by atoms with Crippen LogP contribution in [0.1, 0.15) is 60.6 Å². The number of hydrogen-bond donors (Lipinski definition) is 3. The maximum Gasteiger partial charge on any atom is 0.255 e. The average Bonchev–Trinajstić information content (AvgIpc) is 3.61. The molecule has 10 heteroatoms. The van der Waals surface area contributed by atoms with E-state index in [1.807, 2.05) is 0 Å². The van der Waals surface area contributed by atoms with Gasteiger partial charge in [0.15, 0.2) is 0 Å². The molecule has 196 valence electrons. The predicted octanol–water partition coefficient (Wildman–Crippen LogP) is 4.29. The normalized spacial score (nSPS) is 21.6. The molecule has 2 aliphatic rings. The number of H-pyrrole nitrogens is 1. The van der Waals surface area contributed by atoms with Crippen molar-refractivity contribution in [3.05, 3.63) is 41.1 Å². The Hall–Kier alpha value is -3.56. The number of alkyl halides is 1. The summed E-state index contributed by atoms with van der Waals surface area (Å²) in [6.45, 7) is 5.30. The number of aromatic nitrogens is 3. The summed E-state index contributed by atoms with van der Waals surface area (Å²) in [5.74, 6) is -0.206. The first kappa shape index (κ1) is 25.1. The first-order valence-corrected chi connectivity index (χ1v) is 12.7. The van der Waals surface area contributed by atoms with E-state index in [4.69, 9.17) is 4.74 Å². The Bertz CT molecular complexity index is 1350. The van der Waals surface area contributed by atoms with Crippen LogP contribution >= 0.6 is 0 Å². The first-order chi connectivity index (χ1) is 17.7. The van der Waals surface area contributed by atoms with Crippen molar-refractivity contribution in [2.45, 2.75) is 71.1 Å². The number of aromatic amines is 1. The molecule has 5 rings (SSSR count). The molecule has 2 aromatic heterocycles. The Morgan fingerprint density at radius 2 is 1.92 bits per heavy atom. The molecule has 0 bridgehead atoms. The van der Waals surface area contributed by atoms with Gasteiger partial charge in [-0.05, 0) is 57.1 Å². The first-order valence-electron chi connectivity index (χ1n) is 12.7. The second-order valence-electron chi connectivity index (χ2n) is 10.2. The van der Waals surface area contributed by atoms with Gasteiger partial charge >= 0.3 is 0 Å². The average molecular weight is 512 g/mol. The number of carbonyl (C=O) groups is 2. The maximum absolute atomic E-state index is 15.4. The molecule has 2 saturated carbocycles. The number of halogens is 2. The number of nitrogens with one attached hydrogen (secondary N) is 3. The van der Waals surface area contributed by atoms with Crippen molar-refractivity contribution in [1.82, 2.24) is 25.6 Å². The van der Waals surface area contributed by atoms with Gasteiger partial charge in [0.25, 0.3) is 5.91 Å². The summed E-state index contributed by atoms with van der Waals surface area (Å²) in [6, 6.07) is 2.50. The van der Waals surface area contributed by atoms with Crippen molar-refractivity contribution in [3.8, 4) is 17.0 Å². The molecule has 0 saturated heterocycles. The molecule has 2 aliphatic carbocycles. The summed E-state index contributed by atoms with van der Waals surface area (Å²) >= 11 is 0. The Kier molecular flexibility index (Phi) is 6.83. The molecular weight excluding hydrogens is 480 g/mol. The second-order valence-corrected chi connectivity index (χ2v) is 10.2. The van der Waals surface area contributed by atoms with Crippen LogP contribution in [0.3, 0.4) is 0 Å². The van der Waals surface area contributed by atoms with Crippen LogP contribution in [0, 0.1) is 25.6 Å². The van der Waals surface area contributed by atoms with Crippen molar-refractivity contribution in [1.29, 1.82) is 0 Å². The monoisotopic (exact) mass is 511 g/mol. The molecule has 0 unspecified atom stereocenters. The summed E-state index contributed by atoms with van der Waals surface area (Å²) in [5.41, 5.74) is 2.66. The van der Waals surface area contributed by atoms with Crippen molar-refractivity contribution < 1.29 is 23.1 Å². The highest BCUT2D eigenvalue weighted by atomic mass is 19.1. The number of fused-ring (bicyclic) bond motifs is 1. The maximum atomic E-state index is 15.4. The number of hydrogen-bond acceptors (Lipinski definition) is 5. The van der Waals surface area contributed by atoms with Gasteiger partial charge in [-0.15, -0.1) is 0 Å². The van der Waals surface area contributed by atoms with Crippen molar-refractivity contribution in [2.24, 2.45) is 5.92 Å². The van der Waals surface area contributed by atoms with E-state index < -0.39 is 23.9 Å². The number of carbonyl (C=O) groups excluding carboxylic acids is 2. The smallest absolute Gasteiger partial charge is 0.255 e. The van der Waals surface area contributed by atoms with Gasteiger partial charge in [-0.1, -0.05) is 6.07 Å². The minimum absolute atomic E-state index is 0.106. The van der Waals surface area contributed by atoms with Crippen LogP contribution in [-0.2, 0) is 4.79 Å². The van der Waals surface area contributed by atoms with Gasteiger partial charge in [0.2, 0.25) is 5.91 Å². The van der Waals surface area contributed by atoms with Gasteiger partial charge in [-0.3, -0.25) is 9.59 Å². The third kappa shape index (κ3) is 5.14. The number of amides is 2. The second kappa shape index (κ2) is 10.1. The van der Waals surface area contributed by atoms with Gasteiger partial charge in [-0.25, -0.2) is 18.7 Å². The number of ether oxygens (including phenoxy) is 1. The summed E-state index contributed by atoms with van der Waals surface area (Å²) in [6.07, 6.45) is 3.34. The minimum Gasteiger partial charge on any atom is -0.492 e. The minimum atomic E-state index is -1.25. The van der Waals surface area contributed by atoms with Gasteiger partial charge in [0.1, 0.15) is 35.3 Å². The topological polar surface area (TPSA) is 109 Å². The van der Waals surface area contributed by atoms with E-state index in [0.717, 1.165) is 12.8 Å². The van der Waals surface area contributed by atoms with Crippen molar-refractivity contribution >= 4 is 22.8 Å². The zero-order valence-electron chi connectivity index (χ0n) is 21.2. The van der Waals surface area contributed by atoms with Crippen LogP contribution in [0.25, 0.3) is 22.3 Å². The predicted molar refractivity (Wildman–Crippen MR) is 135 cm³/mol. The summed E-state index contributed by atoms with van der Waals surface area (Å²) in [5, 5.41) is 5.55. The third-order valence-electron chi connectivity index (χ3n) is 7.20. The van der Waals surface area contributed by atoms with E-state index in [1.165, 1.54) is 13.3 Å². The van der Waals surface area contributed by atoms with E-state index in [0.29, 0.717) is 64.7 Å². The standard InChI is InChI=1S/C27H31F2N5O3/c1-13-4-9-20(37-11-16-5-6-16)22(23(13)29)25-26-24(30-12-31-25)21(14(2)32-26)27(36)34-17-7-8-19(18(28)10-17)33-15(3)35/h4,9,12,16-19,32H,5-8,10-11H2,1-3H3,(H,33,35)(H,34,36)/t17-,18-,19+/m1/s1. The van der Waals surface area contributed by atoms with E-state index in [9.17, 15) is 14.0 Å². The largest absolute Gasteiger partial charge is 0.492 e. The van der Waals surface area contributed by atoms with E-state index in [1.54, 1.807) is 26.0 Å². The van der Waals surface area contributed by atoms with Crippen LogP contribution in [-0.4, -0.2) is 51.6 Å². The Morgan fingerprint density at radius 3 is 2.62 bits per heavy atom. The lowest BCUT2D eigenvalue weighted by Crippen LogP contribution is -2.49. The fraction of sp³-hybridized carbons (Fsp3) is 0.481. The molecule has 8 nitrogen and oxygen atoms in total. The van der Waals surface area contributed by atoms with Crippen LogP contribution in [0.4, 0.5) is 8.78 Å². The van der Waals surface area contributed by atoms with Crippen LogP contribution in [0.2, 0.25) is 0 Å². The van der Waals surface area contributed by atoms with E-state index >= 15 is 4.39 Å². The van der Waals surface area contributed by atoms with Crippen molar-refractivity contribution in [3.63, 3.8) is 0 Å². The Balaban J connectivity index is 1.44. The Labute approximate surface area is 213 Å². The molecule has 0 aliphatic heterocycles. The molecule has 2 amide bonds.